The van der Waals surface area contributed by atoms with Gasteiger partial charge in [0, 0.05) is 12.5 Å². The van der Waals surface area contributed by atoms with Gasteiger partial charge in [0.2, 0.25) is 0 Å². The molecule has 0 radical (unpaired) electrons. The van der Waals surface area contributed by atoms with Crippen LogP contribution < -0.4 is 5.32 Å². The van der Waals surface area contributed by atoms with Gasteiger partial charge in [-0.05, 0) is 18.7 Å². The molecule has 2 unspecified atom stereocenters. The lowest BCUT2D eigenvalue weighted by Gasteiger charge is -2.30. The Morgan fingerprint density at radius 1 is 1.40 bits per heavy atom. The number of aromatic nitrogens is 1. The molecule has 2 heterocycles. The fraction of sp³-hybridized carbons (Fsp3) is 0.533. The zero-order chi connectivity index (χ0) is 13.8. The summed E-state index contributed by atoms with van der Waals surface area (Å²) in [6.07, 6.45) is 1.01. The fourth-order valence-corrected chi connectivity index (χ4v) is 3.56. The van der Waals surface area contributed by atoms with Crippen molar-refractivity contribution in [1.29, 1.82) is 0 Å². The number of rotatable bonds is 5. The number of hydrogen-bond donors (Lipinski definition) is 1. The summed E-state index contributed by atoms with van der Waals surface area (Å²) in [4.78, 5) is 4.71. The number of likely N-dealkylation sites (N-methyl/N-ethyl adjacent to an activating group) is 1. The van der Waals surface area contributed by atoms with Crippen LogP contribution in [0.25, 0.3) is 10.2 Å². The van der Waals surface area contributed by atoms with Gasteiger partial charge in [-0.1, -0.05) is 19.1 Å². The van der Waals surface area contributed by atoms with E-state index in [9.17, 15) is 0 Å². The molecule has 1 N–H and O–H groups in total. The minimum atomic E-state index is 0.121. The van der Waals surface area contributed by atoms with Gasteiger partial charge in [-0.2, -0.15) is 0 Å². The molecule has 1 aliphatic heterocycles. The molecule has 1 fully saturated rings. The van der Waals surface area contributed by atoms with Crippen LogP contribution in [0.3, 0.4) is 0 Å². The first kappa shape index (κ1) is 13.9. The van der Waals surface area contributed by atoms with Crippen molar-refractivity contribution in [2.24, 2.45) is 0 Å². The summed E-state index contributed by atoms with van der Waals surface area (Å²) in [5.74, 6) is 0. The van der Waals surface area contributed by atoms with Crippen LogP contribution in [0.1, 0.15) is 11.9 Å². The predicted octanol–water partition coefficient (Wildman–Crippen LogP) is 2.23. The minimum absolute atomic E-state index is 0.121. The lowest BCUT2D eigenvalue weighted by atomic mass is 10.1. The van der Waals surface area contributed by atoms with Crippen molar-refractivity contribution in [3.05, 3.63) is 29.3 Å². The Kier molecular flexibility index (Phi) is 4.62. The average Bonchev–Trinajstić information content (AvgIpc) is 2.90. The van der Waals surface area contributed by atoms with Gasteiger partial charge in [0.25, 0.3) is 0 Å². The number of para-hydroxylation sites is 1. The van der Waals surface area contributed by atoms with E-state index in [2.05, 4.69) is 30.4 Å². The van der Waals surface area contributed by atoms with E-state index in [0.29, 0.717) is 19.8 Å². The molecule has 0 spiro atoms. The topological polar surface area (TPSA) is 43.4 Å². The van der Waals surface area contributed by atoms with Gasteiger partial charge in [-0.3, -0.25) is 0 Å². The van der Waals surface area contributed by atoms with Crippen LogP contribution in [0.2, 0.25) is 0 Å². The minimum Gasteiger partial charge on any atom is -0.376 e. The van der Waals surface area contributed by atoms with Gasteiger partial charge in [-0.15, -0.1) is 11.3 Å². The van der Waals surface area contributed by atoms with Gasteiger partial charge in [0.15, 0.2) is 0 Å². The van der Waals surface area contributed by atoms with Crippen LogP contribution in [-0.2, 0) is 15.9 Å². The van der Waals surface area contributed by atoms with E-state index in [1.54, 1.807) is 11.3 Å². The third-order valence-corrected chi connectivity index (χ3v) is 4.55. The highest BCUT2D eigenvalue weighted by Gasteiger charge is 2.25. The summed E-state index contributed by atoms with van der Waals surface area (Å²) in [6, 6.07) is 8.55. The number of nitrogens with zero attached hydrogens (tertiary/aromatic N) is 1. The van der Waals surface area contributed by atoms with Crippen molar-refractivity contribution < 1.29 is 9.47 Å². The zero-order valence-electron chi connectivity index (χ0n) is 11.7. The Balaban J connectivity index is 1.74. The van der Waals surface area contributed by atoms with Gasteiger partial charge in [0.05, 0.1) is 41.1 Å². The molecular weight excluding hydrogens is 272 g/mol. The first-order valence-electron chi connectivity index (χ1n) is 7.14. The molecule has 0 saturated carbocycles. The Morgan fingerprint density at radius 2 is 2.30 bits per heavy atom. The van der Waals surface area contributed by atoms with Gasteiger partial charge in [-0.25, -0.2) is 4.98 Å². The van der Waals surface area contributed by atoms with E-state index in [4.69, 9.17) is 14.5 Å². The van der Waals surface area contributed by atoms with Crippen LogP contribution in [0, 0.1) is 0 Å². The first-order chi connectivity index (χ1) is 9.86. The maximum absolute atomic E-state index is 5.83. The fourth-order valence-electron chi connectivity index (χ4n) is 2.53. The molecule has 1 aromatic heterocycles. The third kappa shape index (κ3) is 3.17. The van der Waals surface area contributed by atoms with Crippen LogP contribution in [0.5, 0.6) is 0 Å². The second kappa shape index (κ2) is 6.63. The maximum atomic E-state index is 5.83. The normalized spacial score (nSPS) is 21.1. The van der Waals surface area contributed by atoms with E-state index in [1.807, 2.05) is 6.07 Å². The lowest BCUT2D eigenvalue weighted by Crippen LogP contribution is -2.47. The third-order valence-electron chi connectivity index (χ3n) is 3.49. The predicted molar refractivity (Wildman–Crippen MR) is 81.3 cm³/mol. The van der Waals surface area contributed by atoms with Gasteiger partial charge in [0.1, 0.15) is 0 Å². The van der Waals surface area contributed by atoms with Crippen LogP contribution in [0.15, 0.2) is 24.3 Å². The second-order valence-electron chi connectivity index (χ2n) is 4.93. The molecule has 1 aromatic carbocycles. The SMILES string of the molecule is CCNC(Cc1nc2ccccc2s1)C1COCCO1. The Bertz CT molecular complexity index is 519. The maximum Gasteiger partial charge on any atom is 0.0966 e. The van der Waals surface area contributed by atoms with Crippen molar-refractivity contribution in [3.63, 3.8) is 0 Å². The lowest BCUT2D eigenvalue weighted by molar-refractivity contribution is -0.101. The summed E-state index contributed by atoms with van der Waals surface area (Å²) >= 11 is 1.77. The molecule has 0 amide bonds. The molecule has 2 aromatic rings. The molecule has 2 atom stereocenters. The number of ether oxygens (including phenoxy) is 2. The first-order valence-corrected chi connectivity index (χ1v) is 7.95. The van der Waals surface area contributed by atoms with Crippen molar-refractivity contribution in [3.8, 4) is 0 Å². The highest BCUT2D eigenvalue weighted by Crippen LogP contribution is 2.23. The molecular formula is C15H20N2O2S. The number of nitrogens with one attached hydrogen (secondary N) is 1. The largest absolute Gasteiger partial charge is 0.376 e. The number of hydrogen-bond acceptors (Lipinski definition) is 5. The molecule has 1 aliphatic rings. The Labute approximate surface area is 123 Å². The summed E-state index contributed by atoms with van der Waals surface area (Å²) in [5.41, 5.74) is 1.09. The molecule has 108 valence electrons. The van der Waals surface area contributed by atoms with Crippen LogP contribution in [-0.4, -0.2) is 43.5 Å². The summed E-state index contributed by atoms with van der Waals surface area (Å²) < 4.78 is 12.6. The van der Waals surface area contributed by atoms with E-state index in [0.717, 1.165) is 23.5 Å². The molecule has 0 aliphatic carbocycles. The average molecular weight is 292 g/mol. The molecule has 1 saturated heterocycles. The summed E-state index contributed by atoms with van der Waals surface area (Å²) in [7, 11) is 0. The summed E-state index contributed by atoms with van der Waals surface area (Å²) in [6.45, 7) is 5.11. The van der Waals surface area contributed by atoms with E-state index in [-0.39, 0.29) is 12.1 Å². The second-order valence-corrected chi connectivity index (χ2v) is 6.04. The van der Waals surface area contributed by atoms with Gasteiger partial charge < -0.3 is 14.8 Å². The number of benzene rings is 1. The van der Waals surface area contributed by atoms with Crippen LogP contribution >= 0.6 is 11.3 Å². The molecule has 5 heteroatoms. The molecule has 4 nitrogen and oxygen atoms in total. The van der Waals surface area contributed by atoms with Gasteiger partial charge >= 0.3 is 0 Å². The molecule has 20 heavy (non-hydrogen) atoms. The van der Waals surface area contributed by atoms with E-state index in [1.165, 1.54) is 4.70 Å². The van der Waals surface area contributed by atoms with E-state index < -0.39 is 0 Å². The Hall–Kier alpha value is -1.01. The zero-order valence-corrected chi connectivity index (χ0v) is 12.5. The van der Waals surface area contributed by atoms with E-state index >= 15 is 0 Å². The number of fused-ring (bicyclic) bond motifs is 1. The van der Waals surface area contributed by atoms with Crippen molar-refractivity contribution in [2.75, 3.05) is 26.4 Å². The van der Waals surface area contributed by atoms with Crippen molar-refractivity contribution in [2.45, 2.75) is 25.5 Å². The summed E-state index contributed by atoms with van der Waals surface area (Å²) in [5, 5.41) is 4.67. The standard InChI is InChI=1S/C15H20N2O2S/c1-2-16-12(13-10-18-7-8-19-13)9-15-17-11-5-3-4-6-14(11)20-15/h3-6,12-13,16H,2,7-10H2,1H3. The van der Waals surface area contributed by atoms with Crippen LogP contribution in [0.4, 0.5) is 0 Å². The Morgan fingerprint density at radius 3 is 3.05 bits per heavy atom. The quantitative estimate of drug-likeness (QED) is 0.918. The highest BCUT2D eigenvalue weighted by atomic mass is 32.1. The molecule has 0 bridgehead atoms. The smallest absolute Gasteiger partial charge is 0.0966 e. The van der Waals surface area contributed by atoms with Crippen molar-refractivity contribution >= 4 is 21.6 Å². The molecule has 3 rings (SSSR count). The van der Waals surface area contributed by atoms with Crippen molar-refractivity contribution in [1.82, 2.24) is 10.3 Å². The monoisotopic (exact) mass is 292 g/mol. The highest BCUT2D eigenvalue weighted by molar-refractivity contribution is 7.18. The number of thiazole rings is 1.